The number of esters is 2. The number of H-pyrrole nitrogens is 1. The quantitative estimate of drug-likeness (QED) is 0.0287. The largest absolute Gasteiger partial charge is 0.462 e. The predicted octanol–water partition coefficient (Wildman–Crippen LogP) is 4.88. The van der Waals surface area contributed by atoms with Gasteiger partial charge in [0.25, 0.3) is 5.56 Å². The number of ether oxygens (including phenoxy) is 5. The highest BCUT2D eigenvalue weighted by Crippen LogP contribution is 2.42. The molecule has 10 rings (SSSR count). The Morgan fingerprint density at radius 2 is 1.54 bits per heavy atom. The summed E-state index contributed by atoms with van der Waals surface area (Å²) in [7, 11) is 1.38. The smallest absolute Gasteiger partial charge is 0.355 e. The molecule has 7 heterocycles. The van der Waals surface area contributed by atoms with Crippen LogP contribution in [0.1, 0.15) is 110 Å². The van der Waals surface area contributed by atoms with Crippen LogP contribution in [0, 0.1) is 17.8 Å². The van der Waals surface area contributed by atoms with Crippen LogP contribution < -0.4 is 42.2 Å². The summed E-state index contributed by atoms with van der Waals surface area (Å²) in [6, 6.07) is 19.5. The summed E-state index contributed by atoms with van der Waals surface area (Å²) >= 11 is 5.79. The van der Waals surface area contributed by atoms with Crippen molar-refractivity contribution in [1.82, 2.24) is 46.0 Å². The Kier molecular flexibility index (Phi) is 21.4. The van der Waals surface area contributed by atoms with E-state index in [9.17, 15) is 48.6 Å². The minimum absolute atomic E-state index is 0.0677. The number of nitrogens with one attached hydrogen (secondary N) is 7. The lowest BCUT2D eigenvalue weighted by atomic mass is 9.85. The molecule has 9 N–H and O–H groups in total. The standard InChI is InChI=1S/C69H84N10O15S/c1-10-69(46-30-53-56-41(28-39-16-11-13-18-47(39)74-56)33-79(53)64(87)45(46)34-91-67(69)89)94-65(88)55(37(6)7)77-62(85)51(29-40-31-70-48-19-14-12-17-44(40)48)75-61(84)50(27-36(4)5)73-54(80)32-71-60(83)49(26-35(2)3)76-63(86)52-20-15-25-78(52)68(95)72-42-21-23-43(24-22-42)93-66-58(82)59(90-9)57(81)38(8)92-66/h11-14,16-19,21-24,28,30-31,35-38,49-52,55,57-59,66,70,81-82H,10,15,20,25-27,29,32-34H2,1-9H3,(H,71,83)(H,72,95)(H,73,80)(H,75,84)(H,76,86)(H,77,85)/t38-,49+,50-,51-,52-,55-,57+,58+,59+,66?,69+/m1/s1. The van der Waals surface area contributed by atoms with E-state index in [1.165, 1.54) is 7.11 Å². The van der Waals surface area contributed by atoms with Crippen molar-refractivity contribution >= 4 is 86.3 Å². The Balaban J connectivity index is 0.794. The number of pyridine rings is 2. The number of thiocarbonyl (C=S) groups is 1. The summed E-state index contributed by atoms with van der Waals surface area (Å²) < 4.78 is 30.3. The van der Waals surface area contributed by atoms with Crippen LogP contribution in [0.4, 0.5) is 5.69 Å². The van der Waals surface area contributed by atoms with Crippen molar-refractivity contribution < 1.29 is 67.5 Å². The average molecular weight is 1330 g/mol. The molecule has 26 heteroatoms. The number of anilines is 1. The van der Waals surface area contributed by atoms with Gasteiger partial charge in [0.2, 0.25) is 41.4 Å². The number of fused-ring (bicyclic) bond motifs is 6. The number of methoxy groups -OCH3 is 1. The molecular formula is C69H84N10O15S. The van der Waals surface area contributed by atoms with Gasteiger partial charge in [0.15, 0.2) is 5.11 Å². The van der Waals surface area contributed by atoms with E-state index in [1.807, 2.05) is 82.3 Å². The Labute approximate surface area is 555 Å². The van der Waals surface area contributed by atoms with E-state index in [2.05, 4.69) is 36.9 Å². The molecule has 6 aromatic rings. The summed E-state index contributed by atoms with van der Waals surface area (Å²) in [6.07, 6.45) is -2.07. The van der Waals surface area contributed by atoms with Crippen LogP contribution >= 0.6 is 12.2 Å². The van der Waals surface area contributed by atoms with E-state index in [-0.39, 0.29) is 66.9 Å². The average Bonchev–Trinajstić information content (AvgIpc) is 1.59. The fourth-order valence-electron chi connectivity index (χ4n) is 12.9. The zero-order valence-electron chi connectivity index (χ0n) is 54.7. The second kappa shape index (κ2) is 29.4. The maximum atomic E-state index is 14.9. The van der Waals surface area contributed by atoms with E-state index < -0.39 is 126 Å². The number of cyclic esters (lactones) is 1. The number of aromatic amines is 1. The summed E-state index contributed by atoms with van der Waals surface area (Å²) in [4.78, 5) is 125. The van der Waals surface area contributed by atoms with Crippen LogP contribution in [0.3, 0.4) is 0 Å². The molecule has 3 aromatic heterocycles. The third-order valence-electron chi connectivity index (χ3n) is 18.0. The van der Waals surface area contributed by atoms with Gasteiger partial charge >= 0.3 is 11.9 Å². The highest BCUT2D eigenvalue weighted by molar-refractivity contribution is 7.80. The molecule has 4 aliphatic heterocycles. The SMILES string of the molecule is CC[C@@]1(OC(=O)[C@H](NC(=O)[C@@H](Cc2c[nH]c3ccccc23)NC(=O)[C@@H](CC(C)C)NC(=O)CNC(=O)[C@H](CC(C)C)NC(=O)[C@H]2CCCN2C(=S)Nc2ccc(OC3O[C@H](C)[C@H](O)[C@H](OC)[C@@H]3O)cc2)C(C)C)C(=O)OCc2c1cc1n(c2=O)Cc2cc3ccccc3nc2-1. The number of aliphatic hydroxyl groups is 2. The van der Waals surface area contributed by atoms with Crippen molar-refractivity contribution in [3.8, 4) is 17.1 Å². The number of hydrogen-bond donors (Lipinski definition) is 9. The second-order valence-corrected chi connectivity index (χ2v) is 26.4. The first-order chi connectivity index (χ1) is 45.4. The van der Waals surface area contributed by atoms with Gasteiger partial charge in [0, 0.05) is 59.4 Å². The normalized spacial score (nSPS) is 21.8. The first kappa shape index (κ1) is 69.0. The molecular weight excluding hydrogens is 1240 g/mol. The number of carbonyl (C=O) groups is 7. The fourth-order valence-corrected chi connectivity index (χ4v) is 13.2. The van der Waals surface area contributed by atoms with E-state index in [1.54, 1.807) is 73.7 Å². The fraction of sp³-hybridized carbons (Fsp3) is 0.478. The molecule has 1 unspecified atom stereocenters. The summed E-state index contributed by atoms with van der Waals surface area (Å²) in [5.41, 5.74) is 2.29. The first-order valence-electron chi connectivity index (χ1n) is 32.4. The monoisotopic (exact) mass is 1320 g/mol. The number of carbonyl (C=O) groups excluding carboxylic acids is 7. The summed E-state index contributed by atoms with van der Waals surface area (Å²) in [6.45, 7) is 13.9. The molecule has 11 atom stereocenters. The zero-order chi connectivity index (χ0) is 68.2. The molecule has 2 saturated heterocycles. The number of nitrogens with zero attached hydrogens (tertiary/aromatic N) is 3. The zero-order valence-corrected chi connectivity index (χ0v) is 55.5. The summed E-state index contributed by atoms with van der Waals surface area (Å²) in [5.74, 6) is -5.73. The maximum Gasteiger partial charge on any atom is 0.355 e. The van der Waals surface area contributed by atoms with Crippen LogP contribution in [-0.2, 0) is 77.7 Å². The molecule has 0 radical (unpaired) electrons. The van der Waals surface area contributed by atoms with Crippen molar-refractivity contribution in [1.29, 1.82) is 0 Å². The number of benzene rings is 3. The molecule has 4 aliphatic rings. The van der Waals surface area contributed by atoms with Crippen LogP contribution in [0.25, 0.3) is 33.2 Å². The number of aromatic nitrogens is 3. The molecule has 0 aliphatic carbocycles. The molecule has 0 spiro atoms. The van der Waals surface area contributed by atoms with Crippen LogP contribution in [-0.4, -0.2) is 157 Å². The molecule has 2 fully saturated rings. The molecule has 95 heavy (non-hydrogen) atoms. The van der Waals surface area contributed by atoms with Crippen molar-refractivity contribution in [2.45, 2.75) is 174 Å². The van der Waals surface area contributed by atoms with Gasteiger partial charge in [-0.05, 0) is 123 Å². The number of aliphatic hydroxyl groups excluding tert-OH is 2. The third kappa shape index (κ3) is 15.0. The van der Waals surface area contributed by atoms with Gasteiger partial charge in [-0.15, -0.1) is 0 Å². The van der Waals surface area contributed by atoms with Gasteiger partial charge in [-0.25, -0.2) is 14.6 Å². The van der Waals surface area contributed by atoms with E-state index in [4.69, 9.17) is 40.9 Å². The van der Waals surface area contributed by atoms with Crippen molar-refractivity contribution in [3.05, 3.63) is 124 Å². The van der Waals surface area contributed by atoms with Gasteiger partial charge in [0.1, 0.15) is 60.9 Å². The lowest BCUT2D eigenvalue weighted by Crippen LogP contribution is -2.59. The first-order valence-corrected chi connectivity index (χ1v) is 32.8. The number of likely N-dealkylation sites (tertiary alicyclic amines) is 1. The topological polar surface area (TPSA) is 332 Å². The minimum atomic E-state index is -2.10. The Morgan fingerprint density at radius 3 is 2.24 bits per heavy atom. The van der Waals surface area contributed by atoms with E-state index in [0.717, 1.165) is 21.9 Å². The predicted molar refractivity (Wildman–Crippen MR) is 355 cm³/mol. The Bertz CT molecular complexity index is 3950. The van der Waals surface area contributed by atoms with Gasteiger partial charge in [-0.2, -0.15) is 0 Å². The minimum Gasteiger partial charge on any atom is -0.462 e. The molecule has 506 valence electrons. The van der Waals surface area contributed by atoms with Gasteiger partial charge in [-0.1, -0.05) is 84.9 Å². The van der Waals surface area contributed by atoms with Crippen LogP contribution in [0.5, 0.6) is 5.75 Å². The second-order valence-electron chi connectivity index (χ2n) is 26.0. The van der Waals surface area contributed by atoms with Crippen molar-refractivity contribution in [3.63, 3.8) is 0 Å². The van der Waals surface area contributed by atoms with Gasteiger partial charge < -0.3 is 80.2 Å². The van der Waals surface area contributed by atoms with E-state index >= 15 is 0 Å². The van der Waals surface area contributed by atoms with Crippen molar-refractivity contribution in [2.24, 2.45) is 17.8 Å². The molecule has 0 bridgehead atoms. The number of para-hydroxylation sites is 2. The van der Waals surface area contributed by atoms with Crippen LogP contribution in [0.2, 0.25) is 0 Å². The van der Waals surface area contributed by atoms with Crippen molar-refractivity contribution in [2.75, 3.05) is 25.5 Å². The number of amides is 5. The molecule has 0 saturated carbocycles. The molecule has 5 amide bonds. The third-order valence-corrected chi connectivity index (χ3v) is 18.3. The van der Waals surface area contributed by atoms with Crippen LogP contribution in [0.15, 0.2) is 95.9 Å². The lowest BCUT2D eigenvalue weighted by Gasteiger charge is -2.40. The van der Waals surface area contributed by atoms with E-state index in [0.29, 0.717) is 53.3 Å². The lowest BCUT2D eigenvalue weighted by molar-refractivity contribution is -0.272. The van der Waals surface area contributed by atoms with Gasteiger partial charge in [0.05, 0.1) is 41.7 Å². The number of rotatable bonds is 24. The number of hydrogen-bond acceptors (Lipinski definition) is 17. The molecule has 25 nitrogen and oxygen atoms in total. The highest BCUT2D eigenvalue weighted by atomic mass is 32.1. The highest BCUT2D eigenvalue weighted by Gasteiger charge is 2.52. The Morgan fingerprint density at radius 1 is 0.842 bits per heavy atom. The summed E-state index contributed by atoms with van der Waals surface area (Å²) in [5, 5.41) is 40.1. The Hall–Kier alpha value is -8.82. The maximum absolute atomic E-state index is 14.9. The molecule has 3 aromatic carbocycles. The van der Waals surface area contributed by atoms with Gasteiger partial charge in [-0.3, -0.25) is 28.8 Å².